The molecular formula is C19H24ClN3O3. The zero-order valence-electron chi connectivity index (χ0n) is 15.2. The van der Waals surface area contributed by atoms with Gasteiger partial charge in [-0.05, 0) is 61.7 Å². The van der Waals surface area contributed by atoms with Crippen molar-refractivity contribution in [2.24, 2.45) is 0 Å². The lowest BCUT2D eigenvalue weighted by molar-refractivity contribution is 0.108. The first-order valence-electron chi connectivity index (χ1n) is 8.36. The van der Waals surface area contributed by atoms with E-state index in [0.29, 0.717) is 17.3 Å². The second-order valence-electron chi connectivity index (χ2n) is 6.19. The predicted octanol–water partition coefficient (Wildman–Crippen LogP) is 2.90. The molecule has 7 heteroatoms. The zero-order valence-corrected chi connectivity index (χ0v) is 15.9. The molecule has 0 aliphatic rings. The second kappa shape index (κ2) is 9.40. The Morgan fingerprint density at radius 3 is 2.69 bits per heavy atom. The average molecular weight is 378 g/mol. The molecule has 0 spiro atoms. The van der Waals surface area contributed by atoms with Gasteiger partial charge in [0.15, 0.2) is 0 Å². The van der Waals surface area contributed by atoms with E-state index in [1.54, 1.807) is 24.4 Å². The highest BCUT2D eigenvalue weighted by Gasteiger charge is 2.09. The number of urea groups is 1. The van der Waals surface area contributed by atoms with Crippen molar-refractivity contribution in [3.05, 3.63) is 57.9 Å². The van der Waals surface area contributed by atoms with E-state index in [0.717, 1.165) is 22.4 Å². The summed E-state index contributed by atoms with van der Waals surface area (Å²) in [5.41, 5.74) is 3.86. The van der Waals surface area contributed by atoms with Crippen LogP contribution in [0.5, 0.6) is 5.75 Å². The summed E-state index contributed by atoms with van der Waals surface area (Å²) >= 11 is 5.96. The third kappa shape index (κ3) is 6.20. The smallest absolute Gasteiger partial charge is 0.315 e. The summed E-state index contributed by atoms with van der Waals surface area (Å²) < 4.78 is 5.50. The highest BCUT2D eigenvalue weighted by atomic mass is 35.5. The standard InChI is InChI=1S/C19H24ClN3O3/c1-12-6-14(3)21-8-15(12)9-22-19(25)23-10-16(24)11-26-17-4-5-18(20)13(2)7-17/h4-8,16,24H,9-11H2,1-3H3,(H2,22,23,25). The van der Waals surface area contributed by atoms with Crippen molar-refractivity contribution in [3.8, 4) is 5.75 Å². The highest BCUT2D eigenvalue weighted by molar-refractivity contribution is 6.31. The van der Waals surface area contributed by atoms with Gasteiger partial charge in [0.05, 0.1) is 0 Å². The van der Waals surface area contributed by atoms with E-state index >= 15 is 0 Å². The fourth-order valence-corrected chi connectivity index (χ4v) is 2.43. The summed E-state index contributed by atoms with van der Waals surface area (Å²) in [7, 11) is 0. The fourth-order valence-electron chi connectivity index (χ4n) is 2.32. The Morgan fingerprint density at radius 1 is 1.23 bits per heavy atom. The van der Waals surface area contributed by atoms with Gasteiger partial charge in [0.2, 0.25) is 0 Å². The predicted molar refractivity (Wildman–Crippen MR) is 102 cm³/mol. The van der Waals surface area contributed by atoms with Crippen LogP contribution in [0, 0.1) is 20.8 Å². The van der Waals surface area contributed by atoms with E-state index < -0.39 is 6.10 Å². The van der Waals surface area contributed by atoms with Crippen LogP contribution in [0.4, 0.5) is 4.79 Å². The van der Waals surface area contributed by atoms with Crippen LogP contribution in [-0.2, 0) is 6.54 Å². The molecule has 1 heterocycles. The number of nitrogens with zero attached hydrogens (tertiary/aromatic N) is 1. The number of hydrogen-bond acceptors (Lipinski definition) is 4. The molecule has 6 nitrogen and oxygen atoms in total. The number of pyridine rings is 1. The number of carbonyl (C=O) groups excluding carboxylic acids is 1. The van der Waals surface area contributed by atoms with Crippen LogP contribution >= 0.6 is 11.6 Å². The Hall–Kier alpha value is -2.31. The number of aliphatic hydroxyl groups excluding tert-OH is 1. The zero-order chi connectivity index (χ0) is 19.1. The van der Waals surface area contributed by atoms with Crippen molar-refractivity contribution in [2.75, 3.05) is 13.2 Å². The molecule has 2 rings (SSSR count). The molecule has 3 N–H and O–H groups in total. The Labute approximate surface area is 158 Å². The van der Waals surface area contributed by atoms with Crippen LogP contribution in [0.1, 0.15) is 22.4 Å². The third-order valence-electron chi connectivity index (χ3n) is 3.87. The number of amides is 2. The van der Waals surface area contributed by atoms with Crippen LogP contribution in [0.3, 0.4) is 0 Å². The topological polar surface area (TPSA) is 83.5 Å². The fraction of sp³-hybridized carbons (Fsp3) is 0.368. The van der Waals surface area contributed by atoms with Crippen LogP contribution in [0.15, 0.2) is 30.5 Å². The maximum atomic E-state index is 11.8. The number of halogens is 1. The molecular weight excluding hydrogens is 354 g/mol. The van der Waals surface area contributed by atoms with Gasteiger partial charge >= 0.3 is 6.03 Å². The lowest BCUT2D eigenvalue weighted by Gasteiger charge is -2.14. The van der Waals surface area contributed by atoms with Crippen molar-refractivity contribution in [3.63, 3.8) is 0 Å². The molecule has 1 aromatic heterocycles. The summed E-state index contributed by atoms with van der Waals surface area (Å²) in [5.74, 6) is 0.623. The molecule has 1 atom stereocenters. The van der Waals surface area contributed by atoms with Gasteiger partial charge in [-0.25, -0.2) is 4.79 Å². The number of rotatable bonds is 7. The Morgan fingerprint density at radius 2 is 2.00 bits per heavy atom. The molecule has 1 aromatic carbocycles. The van der Waals surface area contributed by atoms with E-state index in [9.17, 15) is 9.90 Å². The van der Waals surface area contributed by atoms with Gasteiger partial charge in [-0.1, -0.05) is 11.6 Å². The van der Waals surface area contributed by atoms with Crippen molar-refractivity contribution in [1.29, 1.82) is 0 Å². The summed E-state index contributed by atoms with van der Waals surface area (Å²) in [5, 5.41) is 16.0. The number of aromatic nitrogens is 1. The van der Waals surface area contributed by atoms with Gasteiger partial charge in [0.1, 0.15) is 18.5 Å². The molecule has 26 heavy (non-hydrogen) atoms. The van der Waals surface area contributed by atoms with Gasteiger partial charge in [0, 0.05) is 30.0 Å². The van der Waals surface area contributed by atoms with E-state index in [4.69, 9.17) is 16.3 Å². The Bertz CT molecular complexity index is 768. The largest absolute Gasteiger partial charge is 0.491 e. The quantitative estimate of drug-likeness (QED) is 0.692. The first-order chi connectivity index (χ1) is 12.3. The van der Waals surface area contributed by atoms with Gasteiger partial charge in [-0.3, -0.25) is 4.98 Å². The van der Waals surface area contributed by atoms with Crippen molar-refractivity contribution < 1.29 is 14.6 Å². The first kappa shape index (κ1) is 20.0. The number of aliphatic hydroxyl groups is 1. The van der Waals surface area contributed by atoms with E-state index in [1.807, 2.05) is 26.8 Å². The number of benzene rings is 1. The average Bonchev–Trinajstić information content (AvgIpc) is 2.60. The van der Waals surface area contributed by atoms with Gasteiger partial charge in [-0.2, -0.15) is 0 Å². The summed E-state index contributed by atoms with van der Waals surface area (Å²) in [4.78, 5) is 16.1. The van der Waals surface area contributed by atoms with Crippen molar-refractivity contribution in [2.45, 2.75) is 33.4 Å². The molecule has 1 unspecified atom stereocenters. The minimum absolute atomic E-state index is 0.0718. The number of carbonyl (C=O) groups is 1. The molecule has 0 aliphatic heterocycles. The maximum absolute atomic E-state index is 11.8. The Kier molecular flexibility index (Phi) is 7.24. The lowest BCUT2D eigenvalue weighted by Crippen LogP contribution is -2.41. The van der Waals surface area contributed by atoms with E-state index in [2.05, 4.69) is 15.6 Å². The maximum Gasteiger partial charge on any atom is 0.315 e. The molecule has 0 fully saturated rings. The van der Waals surface area contributed by atoms with E-state index in [-0.39, 0.29) is 19.2 Å². The molecule has 140 valence electrons. The molecule has 0 aliphatic carbocycles. The minimum Gasteiger partial charge on any atom is -0.491 e. The number of hydrogen-bond donors (Lipinski definition) is 3. The van der Waals surface area contributed by atoms with Crippen LogP contribution in [0.2, 0.25) is 5.02 Å². The molecule has 0 saturated heterocycles. The molecule has 2 aromatic rings. The van der Waals surface area contributed by atoms with Gasteiger partial charge in [-0.15, -0.1) is 0 Å². The minimum atomic E-state index is -0.820. The summed E-state index contributed by atoms with van der Waals surface area (Å²) in [6, 6.07) is 6.89. The monoisotopic (exact) mass is 377 g/mol. The molecule has 0 radical (unpaired) electrons. The third-order valence-corrected chi connectivity index (χ3v) is 4.29. The summed E-state index contributed by atoms with van der Waals surface area (Å²) in [6.45, 7) is 6.31. The van der Waals surface area contributed by atoms with Crippen LogP contribution < -0.4 is 15.4 Å². The van der Waals surface area contributed by atoms with Crippen LogP contribution in [0.25, 0.3) is 0 Å². The molecule has 2 amide bonds. The highest BCUT2D eigenvalue weighted by Crippen LogP contribution is 2.21. The van der Waals surface area contributed by atoms with Crippen molar-refractivity contribution in [1.82, 2.24) is 15.6 Å². The normalized spacial score (nSPS) is 11.7. The van der Waals surface area contributed by atoms with E-state index in [1.165, 1.54) is 0 Å². The molecule has 0 saturated carbocycles. The van der Waals surface area contributed by atoms with Gasteiger partial charge < -0.3 is 20.5 Å². The number of nitrogens with one attached hydrogen (secondary N) is 2. The molecule has 0 bridgehead atoms. The Balaban J connectivity index is 1.70. The summed E-state index contributed by atoms with van der Waals surface area (Å²) in [6.07, 6.45) is 0.932. The SMILES string of the molecule is Cc1cc(C)c(CNC(=O)NCC(O)COc2ccc(Cl)c(C)c2)cn1. The van der Waals surface area contributed by atoms with Gasteiger partial charge in [0.25, 0.3) is 0 Å². The first-order valence-corrected chi connectivity index (χ1v) is 8.74. The van der Waals surface area contributed by atoms with Crippen molar-refractivity contribution >= 4 is 17.6 Å². The lowest BCUT2D eigenvalue weighted by atomic mass is 10.1. The van der Waals surface area contributed by atoms with Crippen LogP contribution in [-0.4, -0.2) is 35.4 Å². The second-order valence-corrected chi connectivity index (χ2v) is 6.60. The number of aryl methyl sites for hydroxylation is 3. The number of ether oxygens (including phenoxy) is 1.